The summed E-state index contributed by atoms with van der Waals surface area (Å²) >= 11 is 1.77. The Morgan fingerprint density at radius 2 is 2.10 bits per heavy atom. The van der Waals surface area contributed by atoms with Gasteiger partial charge in [-0.1, -0.05) is 6.92 Å². The fourth-order valence-electron chi connectivity index (χ4n) is 1.52. The maximum atomic E-state index is 11.2. The molecule has 0 aromatic rings. The average Bonchev–Trinajstić information content (AvgIpc) is 1.79. The minimum absolute atomic E-state index is 0.124. The Balaban J connectivity index is 2.56. The molecule has 1 aliphatic carbocycles. The minimum atomic E-state index is -0.640. The predicted octanol–water partition coefficient (Wildman–Crippen LogP) is 1.85. The van der Waals surface area contributed by atoms with Crippen molar-refractivity contribution in [1.82, 2.24) is 0 Å². The molecule has 1 rings (SSSR count). The van der Waals surface area contributed by atoms with Gasteiger partial charge in [0.15, 0.2) is 0 Å². The maximum Gasteiger partial charge on any atom is 0.0908 e. The van der Waals surface area contributed by atoms with Gasteiger partial charge in [-0.05, 0) is 25.0 Å². The van der Waals surface area contributed by atoms with E-state index in [1.807, 2.05) is 6.26 Å². The molecule has 0 aromatic carbocycles. The summed E-state index contributed by atoms with van der Waals surface area (Å²) in [6.07, 6.45) is 6.16. The Hall–Kier alpha value is 0.500. The molecule has 1 aliphatic rings. The van der Waals surface area contributed by atoms with Crippen molar-refractivity contribution >= 4 is 22.6 Å². The summed E-state index contributed by atoms with van der Waals surface area (Å²) in [6.45, 7) is 2.22. The summed E-state index contributed by atoms with van der Waals surface area (Å²) in [4.78, 5) is 0. The molecule has 0 spiro atoms. The summed E-state index contributed by atoms with van der Waals surface area (Å²) in [5.74, 6) is 0.788. The standard InChI is InChI=1S/C7H14OS2/c1-6-4-7(5-6,9-2)10(3)8/h6H,4-5H2,1-3H3. The number of hydrogen-bond acceptors (Lipinski definition) is 2. The third kappa shape index (κ3) is 1.26. The molecule has 10 heavy (non-hydrogen) atoms. The van der Waals surface area contributed by atoms with E-state index in [0.29, 0.717) is 0 Å². The van der Waals surface area contributed by atoms with Gasteiger partial charge in [-0.3, -0.25) is 4.21 Å². The van der Waals surface area contributed by atoms with Crippen LogP contribution in [0.25, 0.3) is 0 Å². The van der Waals surface area contributed by atoms with Crippen molar-refractivity contribution in [3.63, 3.8) is 0 Å². The summed E-state index contributed by atoms with van der Waals surface area (Å²) in [5, 5.41) is 0. The van der Waals surface area contributed by atoms with Gasteiger partial charge in [-0.15, -0.1) is 11.8 Å². The van der Waals surface area contributed by atoms with Crippen molar-refractivity contribution in [1.29, 1.82) is 0 Å². The van der Waals surface area contributed by atoms with E-state index < -0.39 is 10.8 Å². The van der Waals surface area contributed by atoms with Crippen LogP contribution < -0.4 is 0 Å². The third-order valence-corrected chi connectivity index (χ3v) is 5.88. The molecule has 1 unspecified atom stereocenters. The predicted molar refractivity (Wildman–Crippen MR) is 48.7 cm³/mol. The van der Waals surface area contributed by atoms with Crippen LogP contribution in [-0.4, -0.2) is 20.8 Å². The molecule has 0 aliphatic heterocycles. The van der Waals surface area contributed by atoms with Crippen LogP contribution in [0, 0.1) is 5.92 Å². The van der Waals surface area contributed by atoms with Crippen molar-refractivity contribution in [2.75, 3.05) is 12.5 Å². The van der Waals surface area contributed by atoms with Crippen LogP contribution in [0.15, 0.2) is 0 Å². The summed E-state index contributed by atoms with van der Waals surface area (Å²) in [5.41, 5.74) is 0. The zero-order chi connectivity index (χ0) is 7.78. The molecule has 0 bridgehead atoms. The third-order valence-electron chi connectivity index (χ3n) is 2.21. The van der Waals surface area contributed by atoms with Crippen LogP contribution in [0.5, 0.6) is 0 Å². The van der Waals surface area contributed by atoms with E-state index in [-0.39, 0.29) is 4.08 Å². The second-order valence-electron chi connectivity index (χ2n) is 3.08. The summed E-state index contributed by atoms with van der Waals surface area (Å²) in [6, 6.07) is 0. The molecular weight excluding hydrogens is 164 g/mol. The largest absolute Gasteiger partial charge is 0.258 e. The maximum absolute atomic E-state index is 11.2. The Morgan fingerprint density at radius 3 is 2.20 bits per heavy atom. The molecule has 0 N–H and O–H groups in total. The van der Waals surface area contributed by atoms with Gasteiger partial charge in [0.05, 0.1) is 4.08 Å². The van der Waals surface area contributed by atoms with Gasteiger partial charge in [0, 0.05) is 17.1 Å². The highest BCUT2D eigenvalue weighted by molar-refractivity contribution is 8.12. The van der Waals surface area contributed by atoms with E-state index in [1.165, 1.54) is 0 Å². The van der Waals surface area contributed by atoms with Gasteiger partial charge in [-0.25, -0.2) is 0 Å². The molecule has 3 heteroatoms. The highest BCUT2D eigenvalue weighted by Crippen LogP contribution is 2.48. The monoisotopic (exact) mass is 178 g/mol. The van der Waals surface area contributed by atoms with Gasteiger partial charge in [0.25, 0.3) is 0 Å². The minimum Gasteiger partial charge on any atom is -0.258 e. The molecule has 0 heterocycles. The Bertz CT molecular complexity index is 150. The Morgan fingerprint density at radius 1 is 1.60 bits per heavy atom. The van der Waals surface area contributed by atoms with Gasteiger partial charge in [-0.2, -0.15) is 0 Å². The smallest absolute Gasteiger partial charge is 0.0908 e. The fourth-order valence-corrected chi connectivity index (χ4v) is 4.40. The van der Waals surface area contributed by atoms with E-state index in [9.17, 15) is 4.21 Å². The summed E-state index contributed by atoms with van der Waals surface area (Å²) in [7, 11) is -0.640. The highest BCUT2D eigenvalue weighted by Gasteiger charge is 2.44. The number of hydrogen-bond donors (Lipinski definition) is 0. The van der Waals surface area contributed by atoms with Crippen molar-refractivity contribution < 1.29 is 4.21 Å². The topological polar surface area (TPSA) is 17.1 Å². The van der Waals surface area contributed by atoms with Crippen molar-refractivity contribution in [2.45, 2.75) is 23.8 Å². The first-order chi connectivity index (χ1) is 4.60. The lowest BCUT2D eigenvalue weighted by Gasteiger charge is -2.43. The first kappa shape index (κ1) is 8.60. The molecule has 1 nitrogen and oxygen atoms in total. The van der Waals surface area contributed by atoms with Crippen molar-refractivity contribution in [3.8, 4) is 0 Å². The Labute approximate surface area is 69.4 Å². The molecule has 1 atom stereocenters. The average molecular weight is 178 g/mol. The lowest BCUT2D eigenvalue weighted by Crippen LogP contribution is -2.42. The first-order valence-corrected chi connectivity index (χ1v) is 6.28. The van der Waals surface area contributed by atoms with Crippen molar-refractivity contribution in [2.24, 2.45) is 5.92 Å². The van der Waals surface area contributed by atoms with Gasteiger partial charge in [0.1, 0.15) is 0 Å². The normalized spacial score (nSPS) is 42.5. The zero-order valence-electron chi connectivity index (χ0n) is 6.72. The fraction of sp³-hybridized carbons (Fsp3) is 1.00. The lowest BCUT2D eigenvalue weighted by atomic mass is 9.86. The van der Waals surface area contributed by atoms with Gasteiger partial charge in [0.2, 0.25) is 0 Å². The van der Waals surface area contributed by atoms with Crippen LogP contribution in [0.4, 0.5) is 0 Å². The lowest BCUT2D eigenvalue weighted by molar-refractivity contribution is 0.328. The van der Waals surface area contributed by atoms with E-state index in [2.05, 4.69) is 13.2 Å². The second kappa shape index (κ2) is 2.86. The molecular formula is C7H14OS2. The van der Waals surface area contributed by atoms with Gasteiger partial charge < -0.3 is 0 Å². The van der Waals surface area contributed by atoms with Crippen LogP contribution in [0.1, 0.15) is 19.8 Å². The van der Waals surface area contributed by atoms with E-state index in [1.54, 1.807) is 11.8 Å². The first-order valence-electron chi connectivity index (χ1n) is 3.49. The molecule has 0 saturated heterocycles. The highest BCUT2D eigenvalue weighted by atomic mass is 32.2. The second-order valence-corrected chi connectivity index (χ2v) is 6.22. The van der Waals surface area contributed by atoms with Crippen LogP contribution in [0.2, 0.25) is 0 Å². The number of thioether (sulfide) groups is 1. The van der Waals surface area contributed by atoms with Crippen LogP contribution in [0.3, 0.4) is 0 Å². The molecule has 1 saturated carbocycles. The molecule has 60 valence electrons. The SMILES string of the molecule is CSC1(S(C)=O)CC(C)C1. The van der Waals surface area contributed by atoms with E-state index in [4.69, 9.17) is 0 Å². The van der Waals surface area contributed by atoms with Crippen LogP contribution in [-0.2, 0) is 10.8 Å². The number of rotatable bonds is 2. The van der Waals surface area contributed by atoms with Gasteiger partial charge >= 0.3 is 0 Å². The molecule has 1 fully saturated rings. The van der Waals surface area contributed by atoms with Crippen molar-refractivity contribution in [3.05, 3.63) is 0 Å². The molecule has 0 radical (unpaired) electrons. The quantitative estimate of drug-likeness (QED) is 0.642. The van der Waals surface area contributed by atoms with E-state index in [0.717, 1.165) is 18.8 Å². The Kier molecular flexibility index (Phi) is 2.46. The zero-order valence-corrected chi connectivity index (χ0v) is 8.35. The molecule has 0 amide bonds. The summed E-state index contributed by atoms with van der Waals surface area (Å²) < 4.78 is 11.3. The van der Waals surface area contributed by atoms with E-state index >= 15 is 0 Å². The molecule has 0 aromatic heterocycles. The van der Waals surface area contributed by atoms with Crippen LogP contribution >= 0.6 is 11.8 Å².